The van der Waals surface area contributed by atoms with Gasteiger partial charge in [0, 0.05) is 0 Å². The third kappa shape index (κ3) is 3.93. The van der Waals surface area contributed by atoms with Crippen molar-refractivity contribution in [2.75, 3.05) is 0 Å². The standard InChI is InChI=1S/C13H13BO4S.CH4/c15-14(16)12-6-8-13(9-7-12)19(17,18)10-11-4-2-1-3-5-11;/h1-9,15-16H,10H2;1H4. The third-order valence-corrected chi connectivity index (χ3v) is 4.44. The second-order valence-electron chi connectivity index (χ2n) is 4.19. The van der Waals surface area contributed by atoms with Gasteiger partial charge in [0.25, 0.3) is 0 Å². The molecular weight excluding hydrogens is 275 g/mol. The molecule has 0 heterocycles. The van der Waals surface area contributed by atoms with Crippen LogP contribution in [0.4, 0.5) is 0 Å². The Bertz CT molecular complexity index is 637. The molecule has 0 aromatic heterocycles. The van der Waals surface area contributed by atoms with Gasteiger partial charge in [-0.2, -0.15) is 0 Å². The van der Waals surface area contributed by atoms with E-state index in [0.29, 0.717) is 5.56 Å². The fourth-order valence-corrected chi connectivity index (χ4v) is 3.07. The number of benzene rings is 2. The minimum atomic E-state index is -3.42. The monoisotopic (exact) mass is 292 g/mol. The van der Waals surface area contributed by atoms with Crippen LogP contribution in [0.3, 0.4) is 0 Å². The lowest BCUT2D eigenvalue weighted by Gasteiger charge is -2.06. The maximum Gasteiger partial charge on any atom is 0.488 e. The summed E-state index contributed by atoms with van der Waals surface area (Å²) in [7, 11) is -5.01. The van der Waals surface area contributed by atoms with Crippen LogP contribution < -0.4 is 5.46 Å². The number of rotatable bonds is 4. The summed E-state index contributed by atoms with van der Waals surface area (Å²) in [5.41, 5.74) is 0.979. The molecule has 2 N–H and O–H groups in total. The average Bonchev–Trinajstić information content (AvgIpc) is 2.39. The zero-order valence-electron chi connectivity index (χ0n) is 10.1. The van der Waals surface area contributed by atoms with Gasteiger partial charge in [-0.15, -0.1) is 0 Å². The molecule has 0 saturated heterocycles. The molecule has 0 atom stereocenters. The molecule has 4 nitrogen and oxygen atoms in total. The van der Waals surface area contributed by atoms with Crippen molar-refractivity contribution in [3.8, 4) is 0 Å². The van der Waals surface area contributed by atoms with Gasteiger partial charge < -0.3 is 10.0 Å². The Hall–Kier alpha value is -1.63. The van der Waals surface area contributed by atoms with Crippen molar-refractivity contribution in [1.29, 1.82) is 0 Å². The first-order valence-corrected chi connectivity index (χ1v) is 7.37. The topological polar surface area (TPSA) is 74.6 Å². The highest BCUT2D eigenvalue weighted by Gasteiger charge is 2.17. The largest absolute Gasteiger partial charge is 0.488 e. The lowest BCUT2D eigenvalue weighted by atomic mass is 9.81. The van der Waals surface area contributed by atoms with Crippen LogP contribution in [0.2, 0.25) is 0 Å². The predicted molar refractivity (Wildman–Crippen MR) is 80.3 cm³/mol. The molecule has 0 aliphatic carbocycles. The van der Waals surface area contributed by atoms with Crippen molar-refractivity contribution in [3.05, 3.63) is 60.2 Å². The SMILES string of the molecule is C.O=S(=O)(Cc1ccccc1)c1ccc(B(O)O)cc1. The Morgan fingerprint density at radius 3 is 1.95 bits per heavy atom. The van der Waals surface area contributed by atoms with E-state index in [2.05, 4.69) is 0 Å². The third-order valence-electron chi connectivity index (χ3n) is 2.74. The number of sulfone groups is 1. The van der Waals surface area contributed by atoms with E-state index in [1.54, 1.807) is 24.3 Å². The lowest BCUT2D eigenvalue weighted by molar-refractivity contribution is 0.425. The summed E-state index contributed by atoms with van der Waals surface area (Å²) in [5.74, 6) is -0.0745. The molecule has 2 aromatic carbocycles. The van der Waals surface area contributed by atoms with E-state index < -0.39 is 17.0 Å². The van der Waals surface area contributed by atoms with Crippen LogP contribution in [0, 0.1) is 0 Å². The van der Waals surface area contributed by atoms with Crippen molar-refractivity contribution < 1.29 is 18.5 Å². The van der Waals surface area contributed by atoms with Gasteiger partial charge in [-0.05, 0) is 23.2 Å². The fourth-order valence-electron chi connectivity index (χ4n) is 1.72. The summed E-state index contributed by atoms with van der Waals surface area (Å²) in [5, 5.41) is 17.9. The first kappa shape index (κ1) is 16.4. The van der Waals surface area contributed by atoms with Crippen LogP contribution in [0.15, 0.2) is 59.5 Å². The van der Waals surface area contributed by atoms with E-state index in [4.69, 9.17) is 10.0 Å². The highest BCUT2D eigenvalue weighted by Crippen LogP contribution is 2.15. The number of hydrogen-bond donors (Lipinski definition) is 2. The van der Waals surface area contributed by atoms with E-state index in [-0.39, 0.29) is 23.5 Å². The Morgan fingerprint density at radius 1 is 0.900 bits per heavy atom. The maximum absolute atomic E-state index is 12.2. The quantitative estimate of drug-likeness (QED) is 0.824. The minimum Gasteiger partial charge on any atom is -0.423 e. The molecule has 0 fully saturated rings. The van der Waals surface area contributed by atoms with Gasteiger partial charge >= 0.3 is 7.12 Å². The number of hydrogen-bond acceptors (Lipinski definition) is 4. The Balaban J connectivity index is 0.00000200. The normalized spacial score (nSPS) is 10.7. The Kier molecular flexibility index (Phi) is 5.50. The zero-order chi connectivity index (χ0) is 13.9. The second-order valence-corrected chi connectivity index (χ2v) is 6.18. The Labute approximate surface area is 119 Å². The first-order chi connectivity index (χ1) is 8.99. The van der Waals surface area contributed by atoms with Gasteiger partial charge in [0.2, 0.25) is 0 Å². The molecule has 0 aliphatic rings. The van der Waals surface area contributed by atoms with Crippen molar-refractivity contribution in [3.63, 3.8) is 0 Å². The van der Waals surface area contributed by atoms with Gasteiger partial charge in [0.05, 0.1) is 10.6 Å². The minimum absolute atomic E-state index is 0. The molecule has 0 spiro atoms. The highest BCUT2D eigenvalue weighted by atomic mass is 32.2. The van der Waals surface area contributed by atoms with Gasteiger partial charge in [-0.3, -0.25) is 0 Å². The summed E-state index contributed by atoms with van der Waals surface area (Å²) in [4.78, 5) is 0.167. The average molecular weight is 292 g/mol. The summed E-state index contributed by atoms with van der Waals surface area (Å²) in [6.07, 6.45) is 0. The molecule has 0 radical (unpaired) electrons. The molecule has 0 unspecified atom stereocenters. The van der Waals surface area contributed by atoms with Crippen LogP contribution in [0.5, 0.6) is 0 Å². The summed E-state index contributed by atoms with van der Waals surface area (Å²) < 4.78 is 24.3. The lowest BCUT2D eigenvalue weighted by Crippen LogP contribution is -2.29. The first-order valence-electron chi connectivity index (χ1n) is 5.72. The highest BCUT2D eigenvalue weighted by molar-refractivity contribution is 7.90. The predicted octanol–water partition coefficient (Wildman–Crippen LogP) is 0.976. The molecule has 2 rings (SSSR count). The molecule has 2 aromatic rings. The molecule has 6 heteroatoms. The molecule has 20 heavy (non-hydrogen) atoms. The summed E-state index contributed by atoms with van der Waals surface area (Å²) in [6, 6.07) is 14.5. The molecule has 0 amide bonds. The van der Waals surface area contributed by atoms with Crippen LogP contribution in [0.25, 0.3) is 0 Å². The van der Waals surface area contributed by atoms with E-state index in [1.165, 1.54) is 24.3 Å². The molecule has 0 bridgehead atoms. The summed E-state index contributed by atoms with van der Waals surface area (Å²) in [6.45, 7) is 0. The van der Waals surface area contributed by atoms with Crippen LogP contribution in [-0.4, -0.2) is 25.6 Å². The molecule has 0 aliphatic heterocycles. The van der Waals surface area contributed by atoms with Gasteiger partial charge in [-0.25, -0.2) is 8.42 Å². The maximum atomic E-state index is 12.2. The van der Waals surface area contributed by atoms with Gasteiger partial charge in [-0.1, -0.05) is 49.9 Å². The van der Waals surface area contributed by atoms with Crippen molar-refractivity contribution in [2.24, 2.45) is 0 Å². The zero-order valence-corrected chi connectivity index (χ0v) is 10.9. The van der Waals surface area contributed by atoms with Gasteiger partial charge in [0.15, 0.2) is 9.84 Å². The van der Waals surface area contributed by atoms with Crippen molar-refractivity contribution >= 4 is 22.4 Å². The molecular formula is C14H17BO4S. The second kappa shape index (κ2) is 6.70. The van der Waals surface area contributed by atoms with Gasteiger partial charge in [0.1, 0.15) is 0 Å². The van der Waals surface area contributed by atoms with Crippen LogP contribution in [0.1, 0.15) is 13.0 Å². The fraction of sp³-hybridized carbons (Fsp3) is 0.143. The molecule has 0 saturated carbocycles. The van der Waals surface area contributed by atoms with E-state index in [9.17, 15) is 8.42 Å². The van der Waals surface area contributed by atoms with Crippen LogP contribution in [-0.2, 0) is 15.6 Å². The van der Waals surface area contributed by atoms with Crippen molar-refractivity contribution in [1.82, 2.24) is 0 Å². The Morgan fingerprint density at radius 2 is 1.45 bits per heavy atom. The van der Waals surface area contributed by atoms with E-state index >= 15 is 0 Å². The molecule has 106 valence electrons. The van der Waals surface area contributed by atoms with E-state index in [1.807, 2.05) is 6.07 Å². The summed E-state index contributed by atoms with van der Waals surface area (Å²) >= 11 is 0. The van der Waals surface area contributed by atoms with Crippen LogP contribution >= 0.6 is 0 Å². The van der Waals surface area contributed by atoms with E-state index in [0.717, 1.165) is 0 Å². The smallest absolute Gasteiger partial charge is 0.423 e. The van der Waals surface area contributed by atoms with Crippen molar-refractivity contribution in [2.45, 2.75) is 18.1 Å².